The number of aldehydes is 1. The van der Waals surface area contributed by atoms with Gasteiger partial charge < -0.3 is 19.8 Å². The molecule has 2 N–H and O–H groups in total. The van der Waals surface area contributed by atoms with Crippen LogP contribution in [0.15, 0.2) is 60.7 Å². The largest absolute Gasteiger partial charge is 0.508 e. The Balaban J connectivity index is 0.000000414. The van der Waals surface area contributed by atoms with Gasteiger partial charge in [-0.1, -0.05) is 48.6 Å². The molecule has 0 fully saturated rings. The van der Waals surface area contributed by atoms with Crippen LogP contribution in [0.1, 0.15) is 24.8 Å². The summed E-state index contributed by atoms with van der Waals surface area (Å²) in [5, 5.41) is 17.3. The average Bonchev–Trinajstić information content (AvgIpc) is 2.58. The third-order valence-corrected chi connectivity index (χ3v) is 2.63. The summed E-state index contributed by atoms with van der Waals surface area (Å²) < 4.78 is 0. The van der Waals surface area contributed by atoms with Crippen molar-refractivity contribution in [3.8, 4) is 11.5 Å². The van der Waals surface area contributed by atoms with Gasteiger partial charge in [-0.2, -0.15) is 0 Å². The predicted octanol–water partition coefficient (Wildman–Crippen LogP) is 3.98. The molecule has 0 saturated carbocycles. The van der Waals surface area contributed by atoms with E-state index in [1.807, 2.05) is 25.0 Å². The Kier molecular flexibility index (Phi) is 12.3. The van der Waals surface area contributed by atoms with Crippen molar-refractivity contribution in [1.82, 2.24) is 0 Å². The molecule has 4 nitrogen and oxygen atoms in total. The van der Waals surface area contributed by atoms with Crippen molar-refractivity contribution in [2.24, 2.45) is 0 Å². The monoisotopic (exact) mass is 314 g/mol. The molecule has 0 bridgehead atoms. The van der Waals surface area contributed by atoms with E-state index in [-0.39, 0.29) is 11.5 Å². The molecular formula is C19H22O4. The number of aromatic hydroxyl groups is 2. The lowest BCUT2D eigenvalue weighted by atomic mass is 10.2. The van der Waals surface area contributed by atoms with Crippen molar-refractivity contribution >= 4 is 19.2 Å². The van der Waals surface area contributed by atoms with Gasteiger partial charge >= 0.3 is 0 Å². The van der Waals surface area contributed by atoms with Crippen molar-refractivity contribution in [2.45, 2.75) is 19.3 Å². The second-order valence-corrected chi connectivity index (χ2v) is 4.43. The number of allylic oxidation sites excluding steroid dienone is 1. The fourth-order valence-corrected chi connectivity index (χ4v) is 1.60. The van der Waals surface area contributed by atoms with E-state index in [0.717, 1.165) is 19.1 Å². The number of carbonyl (C=O) groups is 2. The number of hydrogen-bond donors (Lipinski definition) is 2. The molecule has 0 aromatic heterocycles. The molecule has 0 aliphatic rings. The predicted molar refractivity (Wildman–Crippen MR) is 92.3 cm³/mol. The maximum absolute atomic E-state index is 10.0. The Morgan fingerprint density at radius 3 is 1.96 bits per heavy atom. The zero-order valence-corrected chi connectivity index (χ0v) is 13.0. The molecule has 0 aliphatic carbocycles. The number of phenols is 2. The first-order valence-electron chi connectivity index (χ1n) is 7.14. The highest BCUT2D eigenvalue weighted by atomic mass is 16.3. The summed E-state index contributed by atoms with van der Waals surface area (Å²) >= 11 is 0. The lowest BCUT2D eigenvalue weighted by molar-refractivity contribution is -0.107. The van der Waals surface area contributed by atoms with E-state index in [0.29, 0.717) is 6.42 Å². The van der Waals surface area contributed by atoms with E-state index in [2.05, 4.69) is 24.3 Å². The van der Waals surface area contributed by atoms with Crippen molar-refractivity contribution in [3.63, 3.8) is 0 Å². The van der Waals surface area contributed by atoms with E-state index in [1.54, 1.807) is 6.07 Å². The SMILES string of the molecule is C=O.O=CCCCC=Cc1ccccc1.Oc1cccc(O)c1. The lowest BCUT2D eigenvalue weighted by Gasteiger charge is -1.91. The lowest BCUT2D eigenvalue weighted by Crippen LogP contribution is -1.74. The summed E-state index contributed by atoms with van der Waals surface area (Å²) in [5.41, 5.74) is 1.22. The smallest absolute Gasteiger partial charge is 0.120 e. The third-order valence-electron chi connectivity index (χ3n) is 2.63. The summed E-state index contributed by atoms with van der Waals surface area (Å²) in [5.74, 6) is 0.176. The molecule has 0 atom stereocenters. The zero-order chi connectivity index (χ0) is 17.3. The number of unbranched alkanes of at least 4 members (excludes halogenated alkanes) is 2. The van der Waals surface area contributed by atoms with Crippen LogP contribution in [-0.4, -0.2) is 23.3 Å². The van der Waals surface area contributed by atoms with Crippen LogP contribution >= 0.6 is 0 Å². The molecule has 0 aliphatic heterocycles. The molecule has 23 heavy (non-hydrogen) atoms. The van der Waals surface area contributed by atoms with Crippen molar-refractivity contribution < 1.29 is 19.8 Å². The van der Waals surface area contributed by atoms with E-state index in [4.69, 9.17) is 15.0 Å². The van der Waals surface area contributed by atoms with E-state index < -0.39 is 0 Å². The molecule has 0 unspecified atom stereocenters. The average molecular weight is 314 g/mol. The summed E-state index contributed by atoms with van der Waals surface area (Å²) in [6.45, 7) is 2.00. The minimum absolute atomic E-state index is 0.0880. The van der Waals surface area contributed by atoms with Gasteiger partial charge in [-0.25, -0.2) is 0 Å². The Bertz CT molecular complexity index is 547. The highest BCUT2D eigenvalue weighted by Crippen LogP contribution is 2.14. The van der Waals surface area contributed by atoms with Crippen molar-refractivity contribution in [3.05, 3.63) is 66.2 Å². The molecule has 122 valence electrons. The van der Waals surface area contributed by atoms with Crippen LogP contribution in [-0.2, 0) is 9.59 Å². The number of benzene rings is 2. The highest BCUT2D eigenvalue weighted by Gasteiger charge is 1.85. The zero-order valence-electron chi connectivity index (χ0n) is 13.0. The van der Waals surface area contributed by atoms with Crippen LogP contribution in [0.5, 0.6) is 11.5 Å². The van der Waals surface area contributed by atoms with Crippen molar-refractivity contribution in [1.29, 1.82) is 0 Å². The Hall–Kier alpha value is -2.88. The molecule has 2 aromatic rings. The molecular weight excluding hydrogens is 292 g/mol. The van der Waals surface area contributed by atoms with Gasteiger partial charge in [0.25, 0.3) is 0 Å². The summed E-state index contributed by atoms with van der Waals surface area (Å²) in [7, 11) is 0. The molecule has 2 rings (SSSR count). The van der Waals surface area contributed by atoms with Gasteiger partial charge in [-0.05, 0) is 30.5 Å². The molecule has 4 heteroatoms. The van der Waals surface area contributed by atoms with Crippen LogP contribution < -0.4 is 0 Å². The van der Waals surface area contributed by atoms with Crippen LogP contribution in [0.3, 0.4) is 0 Å². The fraction of sp³-hybridized carbons (Fsp3) is 0.158. The van der Waals surface area contributed by atoms with Crippen molar-refractivity contribution in [2.75, 3.05) is 0 Å². The second kappa shape index (κ2) is 14.1. The minimum Gasteiger partial charge on any atom is -0.508 e. The molecule has 0 saturated heterocycles. The second-order valence-electron chi connectivity index (χ2n) is 4.43. The van der Waals surface area contributed by atoms with E-state index in [9.17, 15) is 4.79 Å². The van der Waals surface area contributed by atoms with Gasteiger partial charge in [0.2, 0.25) is 0 Å². The topological polar surface area (TPSA) is 74.6 Å². The summed E-state index contributed by atoms with van der Waals surface area (Å²) in [4.78, 5) is 18.0. The molecule has 0 radical (unpaired) electrons. The maximum atomic E-state index is 10.0. The summed E-state index contributed by atoms with van der Waals surface area (Å²) in [6, 6.07) is 16.0. The standard InChI is InChI=1S/C12H14O.C6H6O2.CH2O/c13-11-7-2-1-4-8-12-9-5-3-6-10-12;7-5-2-1-3-6(8)4-5;1-2/h3-6,8-11H,1-2,7H2;1-4,7-8H;1H2. The number of phenolic OH excluding ortho intramolecular Hbond substituents is 2. The van der Waals surface area contributed by atoms with Crippen LogP contribution in [0.2, 0.25) is 0 Å². The first kappa shape index (κ1) is 20.1. The third kappa shape index (κ3) is 11.5. The Morgan fingerprint density at radius 1 is 0.870 bits per heavy atom. The van der Waals surface area contributed by atoms with E-state index in [1.165, 1.54) is 23.8 Å². The molecule has 0 amide bonds. The minimum atomic E-state index is 0.0880. The van der Waals surface area contributed by atoms with Gasteiger partial charge in [-0.3, -0.25) is 0 Å². The molecule has 0 spiro atoms. The number of rotatable bonds is 5. The van der Waals surface area contributed by atoms with Crippen LogP contribution in [0, 0.1) is 0 Å². The quantitative estimate of drug-likeness (QED) is 0.646. The molecule has 0 heterocycles. The van der Waals surface area contributed by atoms with Gasteiger partial charge in [0.1, 0.15) is 24.6 Å². The van der Waals surface area contributed by atoms with Crippen LogP contribution in [0.4, 0.5) is 0 Å². The Labute approximate surface area is 136 Å². The fourth-order valence-electron chi connectivity index (χ4n) is 1.60. The number of hydrogen-bond acceptors (Lipinski definition) is 4. The number of carbonyl (C=O) groups excluding carboxylic acids is 2. The first-order chi connectivity index (χ1) is 11.2. The van der Waals surface area contributed by atoms with Gasteiger partial charge in [0.05, 0.1) is 0 Å². The maximum Gasteiger partial charge on any atom is 0.120 e. The van der Waals surface area contributed by atoms with Gasteiger partial charge in [0.15, 0.2) is 0 Å². The molecule has 2 aromatic carbocycles. The van der Waals surface area contributed by atoms with Gasteiger partial charge in [0, 0.05) is 12.5 Å². The summed E-state index contributed by atoms with van der Waals surface area (Å²) in [6.07, 6.45) is 7.76. The Morgan fingerprint density at radius 2 is 1.48 bits per heavy atom. The first-order valence-corrected chi connectivity index (χ1v) is 7.14. The normalized spacial score (nSPS) is 9.22. The van der Waals surface area contributed by atoms with Crippen LogP contribution in [0.25, 0.3) is 6.08 Å². The van der Waals surface area contributed by atoms with E-state index >= 15 is 0 Å². The highest BCUT2D eigenvalue weighted by molar-refractivity contribution is 5.50. The van der Waals surface area contributed by atoms with Gasteiger partial charge in [-0.15, -0.1) is 0 Å².